The Bertz CT molecular complexity index is 383. The summed E-state index contributed by atoms with van der Waals surface area (Å²) in [6.07, 6.45) is 3.13. The van der Waals surface area contributed by atoms with Gasteiger partial charge in [0, 0.05) is 0 Å². The van der Waals surface area contributed by atoms with E-state index in [1.807, 2.05) is 30.3 Å². The van der Waals surface area contributed by atoms with Crippen molar-refractivity contribution in [2.24, 2.45) is 4.99 Å². The lowest BCUT2D eigenvalue weighted by molar-refractivity contribution is 0.436. The van der Waals surface area contributed by atoms with Crippen LogP contribution in [-0.2, 0) is 16.2 Å². The molecule has 6 heteroatoms. The van der Waals surface area contributed by atoms with E-state index < -0.39 is 11.4 Å². The highest BCUT2D eigenvalue weighted by Gasteiger charge is 2.02. The van der Waals surface area contributed by atoms with Crippen molar-refractivity contribution in [2.45, 2.75) is 6.04 Å². The molecule has 16 heavy (non-hydrogen) atoms. The molecule has 2 atom stereocenters. The van der Waals surface area contributed by atoms with Crippen LogP contribution in [0.1, 0.15) is 11.6 Å². The van der Waals surface area contributed by atoms with Gasteiger partial charge in [-0.1, -0.05) is 36.4 Å². The van der Waals surface area contributed by atoms with E-state index in [1.165, 1.54) is 6.08 Å². The number of isocyanates is 1. The summed E-state index contributed by atoms with van der Waals surface area (Å²) >= 11 is -2.86. The molecule has 1 aromatic carbocycles. The van der Waals surface area contributed by atoms with E-state index >= 15 is 0 Å². The monoisotopic (exact) mass is 240 g/mol. The largest absolute Gasteiger partial charge is 0.750 e. The predicted octanol–water partition coefficient (Wildman–Crippen LogP) is 1.59. The van der Waals surface area contributed by atoms with Crippen LogP contribution in [0.15, 0.2) is 48.0 Å². The lowest BCUT2D eigenvalue weighted by Crippen LogP contribution is -1.88. The molecule has 1 aromatic rings. The maximum atomic E-state index is 10.0. The fourth-order valence-electron chi connectivity index (χ4n) is 0.970. The fraction of sp³-hybridized carbons (Fsp3) is 0.100. The minimum absolute atomic E-state index is 0.260. The highest BCUT2D eigenvalue weighted by Crippen LogP contribution is 2.16. The molecule has 1 N–H and O–H groups in total. The molecule has 86 valence electrons. The summed E-state index contributed by atoms with van der Waals surface area (Å²) in [5, 5.41) is 0. The van der Waals surface area contributed by atoms with Crippen LogP contribution in [0.25, 0.3) is 0 Å². The van der Waals surface area contributed by atoms with E-state index in [9.17, 15) is 4.79 Å². The van der Waals surface area contributed by atoms with Crippen molar-refractivity contribution in [3.63, 3.8) is 0 Å². The average Bonchev–Trinajstić information content (AvgIpc) is 2.26. The van der Waals surface area contributed by atoms with Gasteiger partial charge in [0.25, 0.3) is 0 Å². The van der Waals surface area contributed by atoms with Crippen LogP contribution in [0, 0.1) is 0 Å². The number of benzene rings is 1. The van der Waals surface area contributed by atoms with Gasteiger partial charge in [-0.3, -0.25) is 0 Å². The first-order valence-corrected chi connectivity index (χ1v) is 5.17. The van der Waals surface area contributed by atoms with E-state index in [-0.39, 0.29) is 6.04 Å². The van der Waals surface area contributed by atoms with Crippen LogP contribution in [0.5, 0.6) is 0 Å². The Morgan fingerprint density at radius 3 is 2.38 bits per heavy atom. The summed E-state index contributed by atoms with van der Waals surface area (Å²) in [4.78, 5) is 13.6. The van der Waals surface area contributed by atoms with Crippen LogP contribution < -0.4 is 0 Å². The molecule has 0 saturated carbocycles. The molecular formula is C10H10NO4S-. The molecule has 0 aliphatic carbocycles. The summed E-state index contributed by atoms with van der Waals surface area (Å²) in [6, 6.07) is 9.23. The molecule has 0 aliphatic rings. The molecule has 0 radical (unpaired) electrons. The molecule has 1 rings (SSSR count). The molecule has 0 aliphatic heterocycles. The average molecular weight is 240 g/mol. The fourth-order valence-corrected chi connectivity index (χ4v) is 0.970. The van der Waals surface area contributed by atoms with Crippen LogP contribution in [0.4, 0.5) is 0 Å². The number of nitrogens with zero attached hydrogens (tertiary/aromatic N) is 1. The van der Waals surface area contributed by atoms with Crippen molar-refractivity contribution in [1.82, 2.24) is 0 Å². The van der Waals surface area contributed by atoms with Gasteiger partial charge in [-0.05, 0) is 5.56 Å². The van der Waals surface area contributed by atoms with Gasteiger partial charge in [-0.15, -0.1) is 6.58 Å². The summed E-state index contributed by atoms with van der Waals surface area (Å²) in [6.45, 7) is 3.58. The first kappa shape index (κ1) is 14.4. The zero-order valence-corrected chi connectivity index (χ0v) is 9.09. The van der Waals surface area contributed by atoms with Crippen LogP contribution >= 0.6 is 0 Å². The Kier molecular flexibility index (Phi) is 7.83. The summed E-state index contributed by atoms with van der Waals surface area (Å²) in [5.41, 5.74) is 0.954. The van der Waals surface area contributed by atoms with Crippen LogP contribution in [0.3, 0.4) is 0 Å². The van der Waals surface area contributed by atoms with Crippen molar-refractivity contribution in [1.29, 1.82) is 0 Å². The normalized spacial score (nSPS) is 12.4. The van der Waals surface area contributed by atoms with Crippen molar-refractivity contribution < 1.29 is 18.1 Å². The maximum Gasteiger partial charge on any atom is 0.235 e. The zero-order chi connectivity index (χ0) is 12.4. The Morgan fingerprint density at radius 2 is 2.00 bits per heavy atom. The molecule has 2 unspecified atom stereocenters. The topological polar surface area (TPSA) is 89.8 Å². The van der Waals surface area contributed by atoms with Gasteiger partial charge in [-0.2, -0.15) is 4.99 Å². The number of rotatable bonds is 3. The van der Waals surface area contributed by atoms with Gasteiger partial charge < -0.3 is 9.11 Å². The third-order valence-corrected chi connectivity index (χ3v) is 1.56. The van der Waals surface area contributed by atoms with Gasteiger partial charge in [-0.25, -0.2) is 9.00 Å². The molecule has 0 bridgehead atoms. The van der Waals surface area contributed by atoms with Gasteiger partial charge in [0.2, 0.25) is 6.08 Å². The van der Waals surface area contributed by atoms with Gasteiger partial charge in [0.1, 0.15) is 6.04 Å². The smallest absolute Gasteiger partial charge is 0.235 e. The number of aliphatic imine (C=N–C) groups is 1. The summed E-state index contributed by atoms with van der Waals surface area (Å²) in [5.74, 6) is 0. The van der Waals surface area contributed by atoms with Crippen LogP contribution in [0.2, 0.25) is 0 Å². The lowest BCUT2D eigenvalue weighted by atomic mass is 10.1. The number of hydrogen-bond acceptors (Lipinski definition) is 4. The highest BCUT2D eigenvalue weighted by molar-refractivity contribution is 7.73. The lowest BCUT2D eigenvalue weighted by Gasteiger charge is -2.03. The van der Waals surface area contributed by atoms with E-state index in [4.69, 9.17) is 13.3 Å². The van der Waals surface area contributed by atoms with Gasteiger partial charge in [0.05, 0.1) is 11.4 Å². The molecule has 0 spiro atoms. The quantitative estimate of drug-likeness (QED) is 0.376. The Balaban J connectivity index is 0.000000487. The Labute approximate surface area is 95.6 Å². The standard InChI is InChI=1S/C10H9NO.H2O3S/c1-2-10(11-8-12)9-6-4-3-5-7-9;1-4(2)3/h2-7,10H,1H2;(H2,1,2,3)/p-1. The molecule has 0 heterocycles. The van der Waals surface area contributed by atoms with E-state index in [1.54, 1.807) is 6.08 Å². The second-order valence-electron chi connectivity index (χ2n) is 2.53. The SMILES string of the molecule is C=CC(N=C=O)c1ccccc1.O=S([O-])O. The molecule has 0 amide bonds. The molecule has 0 saturated heterocycles. The Morgan fingerprint density at radius 1 is 1.50 bits per heavy atom. The minimum Gasteiger partial charge on any atom is -0.750 e. The highest BCUT2D eigenvalue weighted by atomic mass is 32.2. The predicted molar refractivity (Wildman–Crippen MR) is 59.1 cm³/mol. The van der Waals surface area contributed by atoms with Crippen molar-refractivity contribution >= 4 is 17.4 Å². The van der Waals surface area contributed by atoms with Crippen molar-refractivity contribution in [3.05, 3.63) is 48.6 Å². The third-order valence-electron chi connectivity index (χ3n) is 1.56. The van der Waals surface area contributed by atoms with Crippen molar-refractivity contribution in [3.8, 4) is 0 Å². The van der Waals surface area contributed by atoms with Gasteiger partial charge in [0.15, 0.2) is 0 Å². The first-order chi connectivity index (χ1) is 7.61. The maximum absolute atomic E-state index is 10.0. The minimum atomic E-state index is -2.86. The number of hydrogen-bond donors (Lipinski definition) is 1. The third kappa shape index (κ3) is 6.80. The van der Waals surface area contributed by atoms with E-state index in [0.29, 0.717) is 0 Å². The van der Waals surface area contributed by atoms with E-state index in [2.05, 4.69) is 11.6 Å². The zero-order valence-electron chi connectivity index (χ0n) is 8.28. The van der Waals surface area contributed by atoms with Gasteiger partial charge >= 0.3 is 0 Å². The number of carbonyl (C=O) groups excluding carboxylic acids is 1. The second-order valence-corrected chi connectivity index (χ2v) is 2.96. The summed E-state index contributed by atoms with van der Waals surface area (Å²) < 4.78 is 24.1. The molecule has 5 nitrogen and oxygen atoms in total. The Hall–Kier alpha value is -1.59. The first-order valence-electron chi connectivity index (χ1n) is 4.14. The van der Waals surface area contributed by atoms with Crippen LogP contribution in [-0.4, -0.2) is 19.4 Å². The molecular weight excluding hydrogens is 230 g/mol. The van der Waals surface area contributed by atoms with E-state index in [0.717, 1.165) is 5.56 Å². The summed E-state index contributed by atoms with van der Waals surface area (Å²) in [7, 11) is 0. The molecule has 0 fully saturated rings. The second kappa shape index (κ2) is 8.70. The molecule has 0 aromatic heterocycles. The van der Waals surface area contributed by atoms with Crippen molar-refractivity contribution in [2.75, 3.05) is 0 Å².